The number of aromatic nitrogens is 3. The van der Waals surface area contributed by atoms with Crippen molar-refractivity contribution in [1.82, 2.24) is 14.8 Å². The predicted molar refractivity (Wildman–Crippen MR) is 62.3 cm³/mol. The van der Waals surface area contributed by atoms with E-state index < -0.39 is 0 Å². The van der Waals surface area contributed by atoms with Crippen LogP contribution in [0.15, 0.2) is 9.95 Å². The highest BCUT2D eigenvalue weighted by atomic mass is 32.2. The summed E-state index contributed by atoms with van der Waals surface area (Å²) in [7, 11) is 1.72. The monoisotopic (exact) mass is 233 g/mol. The van der Waals surface area contributed by atoms with Crippen LogP contribution in [0, 0.1) is 0 Å². The zero-order valence-corrected chi connectivity index (χ0v) is 9.90. The molecule has 4 nitrogen and oxygen atoms in total. The summed E-state index contributed by atoms with van der Waals surface area (Å²) in [6, 6.07) is 0. The van der Waals surface area contributed by atoms with Gasteiger partial charge in [-0.05, 0) is 18.6 Å². The Bertz CT molecular complexity index is 321. The molecule has 1 aromatic rings. The molecule has 14 heavy (non-hydrogen) atoms. The van der Waals surface area contributed by atoms with Crippen molar-refractivity contribution in [1.29, 1.82) is 0 Å². The van der Waals surface area contributed by atoms with Crippen molar-refractivity contribution >= 4 is 24.4 Å². The summed E-state index contributed by atoms with van der Waals surface area (Å²) in [4.78, 5) is 11.0. The Labute approximate surface area is 92.9 Å². The lowest BCUT2D eigenvalue weighted by Gasteiger charge is -1.99. The molecular weight excluding hydrogens is 218 g/mol. The number of thioether (sulfide) groups is 1. The van der Waals surface area contributed by atoms with Gasteiger partial charge < -0.3 is 0 Å². The lowest BCUT2D eigenvalue weighted by Crippen LogP contribution is -2.12. The summed E-state index contributed by atoms with van der Waals surface area (Å²) < 4.78 is 1.53. The van der Waals surface area contributed by atoms with E-state index in [1.165, 1.54) is 11.0 Å². The molecule has 0 bridgehead atoms. The summed E-state index contributed by atoms with van der Waals surface area (Å²) >= 11 is 5.76. The van der Waals surface area contributed by atoms with Gasteiger partial charge >= 0.3 is 5.69 Å². The number of H-pyrrole nitrogens is 1. The van der Waals surface area contributed by atoms with Gasteiger partial charge in [0.25, 0.3) is 0 Å². The molecule has 0 fully saturated rings. The van der Waals surface area contributed by atoms with Crippen molar-refractivity contribution in [3.63, 3.8) is 0 Å². The Morgan fingerprint density at radius 1 is 1.50 bits per heavy atom. The number of aromatic amines is 1. The summed E-state index contributed by atoms with van der Waals surface area (Å²) in [6.45, 7) is 0. The molecule has 0 saturated heterocycles. The first-order valence-corrected chi connectivity index (χ1v) is 6.22. The average molecular weight is 233 g/mol. The molecule has 1 aromatic heterocycles. The highest BCUT2D eigenvalue weighted by Gasteiger charge is 2.03. The topological polar surface area (TPSA) is 50.7 Å². The van der Waals surface area contributed by atoms with Gasteiger partial charge in [-0.1, -0.05) is 18.2 Å². The van der Waals surface area contributed by atoms with Crippen LogP contribution in [0.4, 0.5) is 0 Å². The van der Waals surface area contributed by atoms with Crippen LogP contribution in [0.25, 0.3) is 0 Å². The van der Waals surface area contributed by atoms with E-state index in [1.54, 1.807) is 18.8 Å². The molecule has 0 spiro atoms. The molecule has 80 valence electrons. The second-order valence-corrected chi connectivity index (χ2v) is 4.51. The SMILES string of the molecule is Cn1c(SCCCCCS)n[nH]c1=O. The molecule has 0 unspecified atom stereocenters. The molecule has 1 heterocycles. The van der Waals surface area contributed by atoms with E-state index in [0.717, 1.165) is 29.5 Å². The molecule has 0 aromatic carbocycles. The van der Waals surface area contributed by atoms with E-state index in [9.17, 15) is 4.79 Å². The second-order valence-electron chi connectivity index (χ2n) is 3.00. The number of hydrogen-bond donors (Lipinski definition) is 2. The molecule has 0 aliphatic rings. The van der Waals surface area contributed by atoms with Gasteiger partial charge in [-0.15, -0.1) is 5.10 Å². The van der Waals surface area contributed by atoms with Crippen molar-refractivity contribution in [2.45, 2.75) is 24.4 Å². The molecule has 1 rings (SSSR count). The van der Waals surface area contributed by atoms with Gasteiger partial charge in [0.05, 0.1) is 0 Å². The first-order chi connectivity index (χ1) is 6.75. The Balaban J connectivity index is 2.25. The van der Waals surface area contributed by atoms with E-state index in [2.05, 4.69) is 22.8 Å². The lowest BCUT2D eigenvalue weighted by molar-refractivity contribution is 0.757. The minimum Gasteiger partial charge on any atom is -0.273 e. The summed E-state index contributed by atoms with van der Waals surface area (Å²) in [5, 5.41) is 7.08. The molecular formula is C8H15N3OS2. The number of nitrogens with zero attached hydrogens (tertiary/aromatic N) is 2. The highest BCUT2D eigenvalue weighted by Crippen LogP contribution is 2.14. The van der Waals surface area contributed by atoms with Crippen molar-refractivity contribution in [3.8, 4) is 0 Å². The Hall–Kier alpha value is -0.360. The van der Waals surface area contributed by atoms with Crippen molar-refractivity contribution in [3.05, 3.63) is 10.5 Å². The van der Waals surface area contributed by atoms with Gasteiger partial charge in [0.1, 0.15) is 0 Å². The van der Waals surface area contributed by atoms with Crippen LogP contribution in [0.5, 0.6) is 0 Å². The van der Waals surface area contributed by atoms with E-state index in [4.69, 9.17) is 0 Å². The summed E-state index contributed by atoms with van der Waals surface area (Å²) in [5.41, 5.74) is -0.150. The number of hydrogen-bond acceptors (Lipinski definition) is 4. The summed E-state index contributed by atoms with van der Waals surface area (Å²) in [6.07, 6.45) is 3.49. The number of rotatable bonds is 6. The Kier molecular flexibility index (Phi) is 5.17. The molecule has 6 heteroatoms. The van der Waals surface area contributed by atoms with E-state index in [1.807, 2.05) is 0 Å². The molecule has 0 aliphatic carbocycles. The molecule has 0 amide bonds. The average Bonchev–Trinajstić information content (AvgIpc) is 2.49. The smallest absolute Gasteiger partial charge is 0.273 e. The molecule has 0 radical (unpaired) electrons. The van der Waals surface area contributed by atoms with Crippen molar-refractivity contribution in [2.75, 3.05) is 11.5 Å². The molecule has 0 aliphatic heterocycles. The number of thiol groups is 1. The third kappa shape index (κ3) is 3.42. The molecule has 0 saturated carbocycles. The maximum absolute atomic E-state index is 11.0. The number of nitrogens with one attached hydrogen (secondary N) is 1. The van der Waals surface area contributed by atoms with Crippen LogP contribution in [-0.2, 0) is 7.05 Å². The van der Waals surface area contributed by atoms with E-state index in [0.29, 0.717) is 0 Å². The minimum absolute atomic E-state index is 0.150. The fourth-order valence-corrected chi connectivity index (χ4v) is 2.16. The van der Waals surface area contributed by atoms with Crippen LogP contribution in [0.3, 0.4) is 0 Å². The molecule has 1 N–H and O–H groups in total. The van der Waals surface area contributed by atoms with Gasteiger partial charge in [0.2, 0.25) is 0 Å². The summed E-state index contributed by atoms with van der Waals surface area (Å²) in [5.74, 6) is 1.96. The standard InChI is InChI=1S/C8H15N3OS2/c1-11-7(12)9-10-8(11)14-6-4-2-3-5-13/h13H,2-6H2,1H3,(H,9,12). The Morgan fingerprint density at radius 2 is 2.29 bits per heavy atom. The van der Waals surface area contributed by atoms with Crippen LogP contribution in [0.1, 0.15) is 19.3 Å². The maximum atomic E-state index is 11.0. The maximum Gasteiger partial charge on any atom is 0.343 e. The van der Waals surface area contributed by atoms with E-state index in [-0.39, 0.29) is 5.69 Å². The third-order valence-electron chi connectivity index (χ3n) is 1.87. The van der Waals surface area contributed by atoms with Gasteiger partial charge in [0.15, 0.2) is 5.16 Å². The van der Waals surface area contributed by atoms with Crippen LogP contribution < -0.4 is 5.69 Å². The van der Waals surface area contributed by atoms with Crippen LogP contribution in [0.2, 0.25) is 0 Å². The first-order valence-electron chi connectivity index (χ1n) is 4.60. The highest BCUT2D eigenvalue weighted by molar-refractivity contribution is 7.99. The van der Waals surface area contributed by atoms with Crippen LogP contribution in [-0.4, -0.2) is 26.3 Å². The zero-order chi connectivity index (χ0) is 10.4. The largest absolute Gasteiger partial charge is 0.343 e. The zero-order valence-electron chi connectivity index (χ0n) is 8.19. The fourth-order valence-electron chi connectivity index (χ4n) is 1.02. The van der Waals surface area contributed by atoms with Gasteiger partial charge in [0, 0.05) is 12.8 Å². The Morgan fingerprint density at radius 3 is 2.86 bits per heavy atom. The van der Waals surface area contributed by atoms with Crippen LogP contribution >= 0.6 is 24.4 Å². The van der Waals surface area contributed by atoms with Crippen molar-refractivity contribution in [2.24, 2.45) is 7.05 Å². The van der Waals surface area contributed by atoms with Gasteiger partial charge in [-0.2, -0.15) is 12.6 Å². The minimum atomic E-state index is -0.150. The quantitative estimate of drug-likeness (QED) is 0.442. The normalized spacial score (nSPS) is 10.7. The lowest BCUT2D eigenvalue weighted by atomic mass is 10.3. The van der Waals surface area contributed by atoms with Crippen molar-refractivity contribution < 1.29 is 0 Å². The fraction of sp³-hybridized carbons (Fsp3) is 0.750. The third-order valence-corrected chi connectivity index (χ3v) is 3.30. The van der Waals surface area contributed by atoms with Gasteiger partial charge in [-0.25, -0.2) is 9.89 Å². The second kappa shape index (κ2) is 6.19. The predicted octanol–water partition coefficient (Wildman–Crippen LogP) is 1.30. The van der Waals surface area contributed by atoms with Gasteiger partial charge in [-0.3, -0.25) is 4.57 Å². The number of unbranched alkanes of at least 4 members (excludes halogenated alkanes) is 2. The first kappa shape index (κ1) is 11.7. The van der Waals surface area contributed by atoms with E-state index >= 15 is 0 Å². The molecule has 0 atom stereocenters.